The molecule has 0 atom stereocenters. The Kier molecular flexibility index (Phi) is 4.78. The molecule has 0 bridgehead atoms. The van der Waals surface area contributed by atoms with E-state index in [-0.39, 0.29) is 5.91 Å². The minimum absolute atomic E-state index is 0.211. The highest BCUT2D eigenvalue weighted by molar-refractivity contribution is 8.00. The molecule has 0 saturated carbocycles. The number of nitrogens with zero attached hydrogens (tertiary/aromatic N) is 2. The third kappa shape index (κ3) is 3.62. The number of ether oxygens (including phenoxy) is 1. The van der Waals surface area contributed by atoms with E-state index in [0.717, 1.165) is 14.6 Å². The number of carbonyl (C=O) groups excluding carboxylic acids is 1. The number of pyridine rings is 1. The zero-order valence-electron chi connectivity index (χ0n) is 12.7. The van der Waals surface area contributed by atoms with E-state index >= 15 is 0 Å². The van der Waals surface area contributed by atoms with Crippen LogP contribution in [0.15, 0.2) is 40.9 Å². The van der Waals surface area contributed by atoms with Gasteiger partial charge in [-0.05, 0) is 31.4 Å². The SMILES string of the molecule is CCNC(=O)c1cc(Oc2ccc3sc(SC)nc3c2)ccn1. The van der Waals surface area contributed by atoms with Crippen LogP contribution < -0.4 is 10.1 Å². The van der Waals surface area contributed by atoms with Gasteiger partial charge < -0.3 is 10.1 Å². The number of benzene rings is 1. The van der Waals surface area contributed by atoms with E-state index in [1.165, 1.54) is 0 Å². The number of thioether (sulfide) groups is 1. The third-order valence-electron chi connectivity index (χ3n) is 3.05. The van der Waals surface area contributed by atoms with Gasteiger partial charge in [0.25, 0.3) is 5.91 Å². The first-order chi connectivity index (χ1) is 11.2. The van der Waals surface area contributed by atoms with Gasteiger partial charge in [-0.3, -0.25) is 9.78 Å². The predicted molar refractivity (Wildman–Crippen MR) is 93.7 cm³/mol. The van der Waals surface area contributed by atoms with Crippen LogP contribution in [0.4, 0.5) is 0 Å². The van der Waals surface area contributed by atoms with Crippen molar-refractivity contribution >= 4 is 39.2 Å². The molecular weight excluding hydrogens is 330 g/mol. The first-order valence-electron chi connectivity index (χ1n) is 7.06. The van der Waals surface area contributed by atoms with E-state index in [0.29, 0.717) is 23.7 Å². The van der Waals surface area contributed by atoms with E-state index in [9.17, 15) is 4.79 Å². The normalized spacial score (nSPS) is 10.7. The van der Waals surface area contributed by atoms with Crippen LogP contribution in [-0.4, -0.2) is 28.7 Å². The molecule has 1 aromatic carbocycles. The summed E-state index contributed by atoms with van der Waals surface area (Å²) in [6.07, 6.45) is 3.57. The maximum absolute atomic E-state index is 11.8. The number of rotatable bonds is 5. The Balaban J connectivity index is 1.83. The Morgan fingerprint density at radius 2 is 2.13 bits per heavy atom. The van der Waals surface area contributed by atoms with Gasteiger partial charge in [-0.15, -0.1) is 11.3 Å². The van der Waals surface area contributed by atoms with Crippen LogP contribution in [0.1, 0.15) is 17.4 Å². The van der Waals surface area contributed by atoms with Crippen molar-refractivity contribution in [3.8, 4) is 11.5 Å². The Bertz CT molecular complexity index is 848. The first kappa shape index (κ1) is 15.8. The van der Waals surface area contributed by atoms with Gasteiger partial charge in [0.1, 0.15) is 17.2 Å². The Labute approximate surface area is 142 Å². The summed E-state index contributed by atoms with van der Waals surface area (Å²) in [6, 6.07) is 9.15. The number of hydrogen-bond donors (Lipinski definition) is 1. The molecule has 2 heterocycles. The molecule has 0 aliphatic heterocycles. The molecular formula is C16H15N3O2S2. The molecule has 2 aromatic heterocycles. The molecule has 1 N–H and O–H groups in total. The number of thiazole rings is 1. The second-order valence-electron chi connectivity index (χ2n) is 4.65. The van der Waals surface area contributed by atoms with Gasteiger partial charge >= 0.3 is 0 Å². The quantitative estimate of drug-likeness (QED) is 0.709. The molecule has 0 radical (unpaired) electrons. The lowest BCUT2D eigenvalue weighted by atomic mass is 10.3. The van der Waals surface area contributed by atoms with Crippen LogP contribution in [0.2, 0.25) is 0 Å². The van der Waals surface area contributed by atoms with Crippen LogP contribution in [0.3, 0.4) is 0 Å². The topological polar surface area (TPSA) is 64.1 Å². The second kappa shape index (κ2) is 6.97. The molecule has 0 aliphatic rings. The van der Waals surface area contributed by atoms with E-state index in [4.69, 9.17) is 4.74 Å². The molecule has 0 fully saturated rings. The van der Waals surface area contributed by atoms with Crippen LogP contribution in [0.5, 0.6) is 11.5 Å². The first-order valence-corrected chi connectivity index (χ1v) is 9.10. The fraction of sp³-hybridized carbons (Fsp3) is 0.188. The summed E-state index contributed by atoms with van der Waals surface area (Å²) in [5.74, 6) is 1.04. The lowest BCUT2D eigenvalue weighted by Gasteiger charge is -2.07. The maximum Gasteiger partial charge on any atom is 0.270 e. The van der Waals surface area contributed by atoms with Gasteiger partial charge in [0.15, 0.2) is 4.34 Å². The smallest absolute Gasteiger partial charge is 0.270 e. The van der Waals surface area contributed by atoms with Gasteiger partial charge in [-0.25, -0.2) is 4.98 Å². The minimum atomic E-state index is -0.211. The minimum Gasteiger partial charge on any atom is -0.457 e. The summed E-state index contributed by atoms with van der Waals surface area (Å²) >= 11 is 3.29. The lowest BCUT2D eigenvalue weighted by molar-refractivity contribution is 0.0950. The monoisotopic (exact) mass is 345 g/mol. The molecule has 5 nitrogen and oxygen atoms in total. The van der Waals surface area contributed by atoms with Crippen molar-refractivity contribution in [3.63, 3.8) is 0 Å². The zero-order valence-corrected chi connectivity index (χ0v) is 14.3. The van der Waals surface area contributed by atoms with Gasteiger partial charge in [-0.1, -0.05) is 11.8 Å². The number of hydrogen-bond acceptors (Lipinski definition) is 6. The van der Waals surface area contributed by atoms with Crippen LogP contribution in [-0.2, 0) is 0 Å². The van der Waals surface area contributed by atoms with E-state index in [1.807, 2.05) is 31.4 Å². The fourth-order valence-electron chi connectivity index (χ4n) is 2.02. The van der Waals surface area contributed by atoms with Crippen molar-refractivity contribution < 1.29 is 9.53 Å². The summed E-state index contributed by atoms with van der Waals surface area (Å²) in [5, 5.41) is 2.72. The van der Waals surface area contributed by atoms with Crippen molar-refractivity contribution in [2.45, 2.75) is 11.3 Å². The van der Waals surface area contributed by atoms with Gasteiger partial charge in [0.05, 0.1) is 10.2 Å². The third-order valence-corrected chi connectivity index (χ3v) is 5.07. The molecule has 3 aromatic rings. The summed E-state index contributed by atoms with van der Waals surface area (Å²) in [7, 11) is 0. The van der Waals surface area contributed by atoms with Crippen molar-refractivity contribution in [2.24, 2.45) is 0 Å². The number of carbonyl (C=O) groups is 1. The van der Waals surface area contributed by atoms with Gasteiger partial charge in [-0.2, -0.15) is 0 Å². The molecule has 118 valence electrons. The predicted octanol–water partition coefficient (Wildman–Crippen LogP) is 3.96. The fourth-order valence-corrected chi connectivity index (χ4v) is 3.49. The summed E-state index contributed by atoms with van der Waals surface area (Å²) < 4.78 is 7.99. The molecule has 0 aliphatic carbocycles. The maximum atomic E-state index is 11.8. The second-order valence-corrected chi connectivity index (χ2v) is 6.74. The van der Waals surface area contributed by atoms with Crippen LogP contribution in [0, 0.1) is 0 Å². The molecule has 7 heteroatoms. The Morgan fingerprint density at radius 1 is 1.30 bits per heavy atom. The molecule has 0 spiro atoms. The molecule has 0 unspecified atom stereocenters. The Morgan fingerprint density at radius 3 is 2.91 bits per heavy atom. The van der Waals surface area contributed by atoms with Crippen LogP contribution in [0.25, 0.3) is 10.2 Å². The van der Waals surface area contributed by atoms with Crippen LogP contribution >= 0.6 is 23.1 Å². The summed E-state index contributed by atoms with van der Waals surface area (Å²) in [6.45, 7) is 2.42. The van der Waals surface area contributed by atoms with E-state index in [2.05, 4.69) is 15.3 Å². The molecule has 0 saturated heterocycles. The highest BCUT2D eigenvalue weighted by atomic mass is 32.2. The van der Waals surface area contributed by atoms with Gasteiger partial charge in [0.2, 0.25) is 0 Å². The van der Waals surface area contributed by atoms with Crippen molar-refractivity contribution in [2.75, 3.05) is 12.8 Å². The standard InChI is InChI=1S/C16H15N3O2S2/c1-3-17-15(20)13-9-11(6-7-18-13)21-10-4-5-14-12(8-10)19-16(22-2)23-14/h4-9H,3H2,1-2H3,(H,17,20). The van der Waals surface area contributed by atoms with Gasteiger partial charge in [0, 0.05) is 24.9 Å². The van der Waals surface area contributed by atoms with Crippen molar-refractivity contribution in [1.82, 2.24) is 15.3 Å². The summed E-state index contributed by atoms with van der Waals surface area (Å²) in [4.78, 5) is 20.4. The molecule has 3 rings (SSSR count). The van der Waals surface area contributed by atoms with E-state index in [1.54, 1.807) is 41.4 Å². The molecule has 1 amide bonds. The van der Waals surface area contributed by atoms with Crippen molar-refractivity contribution in [3.05, 3.63) is 42.2 Å². The number of aromatic nitrogens is 2. The number of nitrogens with one attached hydrogen (secondary N) is 1. The number of amides is 1. The average molecular weight is 345 g/mol. The number of fused-ring (bicyclic) bond motifs is 1. The summed E-state index contributed by atoms with van der Waals surface area (Å²) in [5.41, 5.74) is 1.25. The average Bonchev–Trinajstić information content (AvgIpc) is 2.98. The highest BCUT2D eigenvalue weighted by Gasteiger charge is 2.09. The molecule has 23 heavy (non-hydrogen) atoms. The van der Waals surface area contributed by atoms with Crippen molar-refractivity contribution in [1.29, 1.82) is 0 Å². The lowest BCUT2D eigenvalue weighted by Crippen LogP contribution is -2.23. The Hall–Kier alpha value is -2.12. The largest absolute Gasteiger partial charge is 0.457 e. The highest BCUT2D eigenvalue weighted by Crippen LogP contribution is 2.31. The van der Waals surface area contributed by atoms with E-state index < -0.39 is 0 Å². The zero-order chi connectivity index (χ0) is 16.2.